The number of nitrogens with zero attached hydrogens (tertiary/aromatic N) is 1. The smallest absolute Gasteiger partial charge is 0.168 e. The Morgan fingerprint density at radius 3 is 3.00 bits per heavy atom. The molecule has 0 amide bonds. The van der Waals surface area contributed by atoms with E-state index in [0.717, 1.165) is 0 Å². The molecule has 0 saturated heterocycles. The van der Waals surface area contributed by atoms with Crippen molar-refractivity contribution in [3.8, 4) is 0 Å². The van der Waals surface area contributed by atoms with E-state index in [9.17, 15) is 4.79 Å². The molecule has 0 spiro atoms. The van der Waals surface area contributed by atoms with Crippen LogP contribution in [0.3, 0.4) is 0 Å². The van der Waals surface area contributed by atoms with E-state index in [2.05, 4.69) is 4.98 Å². The number of pyridine rings is 1. The first-order valence-electron chi connectivity index (χ1n) is 3.65. The van der Waals surface area contributed by atoms with Gasteiger partial charge in [0.2, 0.25) is 0 Å². The van der Waals surface area contributed by atoms with E-state index in [1.54, 1.807) is 18.3 Å². The standard InChI is InChI=1S/C8H11N3O/c9-4-7(10)6-2-1-3-11-8(6)5-12/h1-3,5,7H,4,9-10H2. The normalized spacial score (nSPS) is 12.5. The molecule has 1 heterocycles. The first kappa shape index (κ1) is 8.83. The summed E-state index contributed by atoms with van der Waals surface area (Å²) in [7, 11) is 0. The fourth-order valence-corrected chi connectivity index (χ4v) is 0.969. The highest BCUT2D eigenvalue weighted by atomic mass is 16.1. The van der Waals surface area contributed by atoms with Gasteiger partial charge in [0.25, 0.3) is 0 Å². The SMILES string of the molecule is NCC(N)c1cccnc1C=O. The van der Waals surface area contributed by atoms with Crippen molar-refractivity contribution in [2.45, 2.75) is 6.04 Å². The summed E-state index contributed by atoms with van der Waals surface area (Å²) in [6.07, 6.45) is 2.24. The van der Waals surface area contributed by atoms with Gasteiger partial charge in [-0.2, -0.15) is 0 Å². The number of hydrogen-bond acceptors (Lipinski definition) is 4. The molecule has 0 aliphatic heterocycles. The topological polar surface area (TPSA) is 82.0 Å². The zero-order chi connectivity index (χ0) is 8.97. The minimum Gasteiger partial charge on any atom is -0.329 e. The van der Waals surface area contributed by atoms with Gasteiger partial charge in [-0.15, -0.1) is 0 Å². The molecule has 0 saturated carbocycles. The van der Waals surface area contributed by atoms with Crippen LogP contribution in [0, 0.1) is 0 Å². The number of aldehydes is 1. The highest BCUT2D eigenvalue weighted by Crippen LogP contribution is 2.10. The lowest BCUT2D eigenvalue weighted by Gasteiger charge is -2.09. The number of rotatable bonds is 3. The van der Waals surface area contributed by atoms with E-state index in [4.69, 9.17) is 11.5 Å². The predicted molar refractivity (Wildman–Crippen MR) is 45.6 cm³/mol. The second-order valence-electron chi connectivity index (χ2n) is 2.44. The summed E-state index contributed by atoms with van der Waals surface area (Å²) in [5.74, 6) is 0. The Bertz CT molecular complexity index is 275. The molecule has 1 rings (SSSR count). The molecule has 4 N–H and O–H groups in total. The van der Waals surface area contributed by atoms with Gasteiger partial charge in [-0.3, -0.25) is 9.78 Å². The maximum atomic E-state index is 10.5. The fourth-order valence-electron chi connectivity index (χ4n) is 0.969. The average molecular weight is 165 g/mol. The van der Waals surface area contributed by atoms with Gasteiger partial charge in [0, 0.05) is 18.8 Å². The highest BCUT2D eigenvalue weighted by Gasteiger charge is 2.08. The molecule has 1 atom stereocenters. The lowest BCUT2D eigenvalue weighted by molar-refractivity contribution is 0.111. The summed E-state index contributed by atoms with van der Waals surface area (Å²) in [5, 5.41) is 0. The van der Waals surface area contributed by atoms with Crippen molar-refractivity contribution in [3.05, 3.63) is 29.6 Å². The van der Waals surface area contributed by atoms with Gasteiger partial charge in [0.05, 0.1) is 0 Å². The van der Waals surface area contributed by atoms with E-state index in [-0.39, 0.29) is 6.04 Å². The van der Waals surface area contributed by atoms with Gasteiger partial charge >= 0.3 is 0 Å². The molecular weight excluding hydrogens is 154 g/mol. The molecule has 1 aromatic heterocycles. The van der Waals surface area contributed by atoms with E-state index in [1.165, 1.54) is 0 Å². The van der Waals surface area contributed by atoms with Gasteiger partial charge < -0.3 is 11.5 Å². The van der Waals surface area contributed by atoms with Crippen LogP contribution in [-0.2, 0) is 0 Å². The molecule has 0 fully saturated rings. The summed E-state index contributed by atoms with van der Waals surface area (Å²) in [6, 6.07) is 3.19. The van der Waals surface area contributed by atoms with Crippen molar-refractivity contribution >= 4 is 6.29 Å². The summed E-state index contributed by atoms with van der Waals surface area (Å²) in [5.41, 5.74) is 12.1. The van der Waals surface area contributed by atoms with Crippen LogP contribution >= 0.6 is 0 Å². The molecule has 1 aromatic rings. The zero-order valence-electron chi connectivity index (χ0n) is 6.60. The number of carbonyl (C=O) groups excluding carboxylic acids is 1. The molecule has 0 aliphatic rings. The lowest BCUT2D eigenvalue weighted by atomic mass is 10.1. The monoisotopic (exact) mass is 165 g/mol. The molecule has 1 unspecified atom stereocenters. The third-order valence-corrected chi connectivity index (χ3v) is 1.64. The highest BCUT2D eigenvalue weighted by molar-refractivity contribution is 5.74. The first-order chi connectivity index (χ1) is 5.79. The Morgan fingerprint density at radius 1 is 1.67 bits per heavy atom. The molecule has 12 heavy (non-hydrogen) atoms. The van der Waals surface area contributed by atoms with Crippen LogP contribution in [0.2, 0.25) is 0 Å². The van der Waals surface area contributed by atoms with E-state index < -0.39 is 0 Å². The van der Waals surface area contributed by atoms with Crippen molar-refractivity contribution < 1.29 is 4.79 Å². The van der Waals surface area contributed by atoms with Crippen LogP contribution in [0.4, 0.5) is 0 Å². The summed E-state index contributed by atoms with van der Waals surface area (Å²) in [6.45, 7) is 0.312. The first-order valence-corrected chi connectivity index (χ1v) is 3.65. The third kappa shape index (κ3) is 1.66. The Hall–Kier alpha value is -1.26. The molecule has 4 heteroatoms. The van der Waals surface area contributed by atoms with Crippen LogP contribution < -0.4 is 11.5 Å². The van der Waals surface area contributed by atoms with Gasteiger partial charge in [0.1, 0.15) is 5.69 Å². The van der Waals surface area contributed by atoms with E-state index >= 15 is 0 Å². The fraction of sp³-hybridized carbons (Fsp3) is 0.250. The van der Waals surface area contributed by atoms with Crippen molar-refractivity contribution in [2.75, 3.05) is 6.54 Å². The molecular formula is C8H11N3O. The molecule has 0 bridgehead atoms. The summed E-state index contributed by atoms with van der Waals surface area (Å²) in [4.78, 5) is 14.4. The lowest BCUT2D eigenvalue weighted by Crippen LogP contribution is -2.22. The zero-order valence-corrected chi connectivity index (χ0v) is 6.60. The maximum Gasteiger partial charge on any atom is 0.168 e. The van der Waals surface area contributed by atoms with Crippen molar-refractivity contribution in [3.63, 3.8) is 0 Å². The van der Waals surface area contributed by atoms with Crippen LogP contribution in [0.25, 0.3) is 0 Å². The molecule has 0 aromatic carbocycles. The summed E-state index contributed by atoms with van der Waals surface area (Å²) < 4.78 is 0. The summed E-state index contributed by atoms with van der Waals surface area (Å²) >= 11 is 0. The van der Waals surface area contributed by atoms with Crippen LogP contribution in [-0.4, -0.2) is 17.8 Å². The largest absolute Gasteiger partial charge is 0.329 e. The quantitative estimate of drug-likeness (QED) is 0.610. The van der Waals surface area contributed by atoms with Gasteiger partial charge in [0.15, 0.2) is 6.29 Å². The number of nitrogens with two attached hydrogens (primary N) is 2. The minimum atomic E-state index is -0.307. The maximum absolute atomic E-state index is 10.5. The van der Waals surface area contributed by atoms with E-state index in [0.29, 0.717) is 24.1 Å². The Morgan fingerprint density at radius 2 is 2.42 bits per heavy atom. The minimum absolute atomic E-state index is 0.307. The number of aromatic nitrogens is 1. The van der Waals surface area contributed by atoms with Crippen LogP contribution in [0.1, 0.15) is 22.1 Å². The third-order valence-electron chi connectivity index (χ3n) is 1.64. The van der Waals surface area contributed by atoms with E-state index in [1.807, 2.05) is 0 Å². The van der Waals surface area contributed by atoms with Crippen molar-refractivity contribution in [1.29, 1.82) is 0 Å². The van der Waals surface area contributed by atoms with Crippen molar-refractivity contribution in [1.82, 2.24) is 4.98 Å². The Kier molecular flexibility index (Phi) is 2.90. The number of carbonyl (C=O) groups is 1. The Labute approximate surface area is 70.6 Å². The molecule has 64 valence electrons. The van der Waals surface area contributed by atoms with Gasteiger partial charge in [-0.25, -0.2) is 0 Å². The van der Waals surface area contributed by atoms with Crippen LogP contribution in [0.15, 0.2) is 18.3 Å². The van der Waals surface area contributed by atoms with Gasteiger partial charge in [-0.05, 0) is 11.6 Å². The predicted octanol–water partition coefficient (Wildman–Crippen LogP) is -0.147. The van der Waals surface area contributed by atoms with Crippen molar-refractivity contribution in [2.24, 2.45) is 11.5 Å². The van der Waals surface area contributed by atoms with Crippen LogP contribution in [0.5, 0.6) is 0 Å². The Balaban J connectivity index is 3.04. The second kappa shape index (κ2) is 3.94. The number of hydrogen-bond donors (Lipinski definition) is 2. The molecule has 0 radical (unpaired) electrons. The second-order valence-corrected chi connectivity index (χ2v) is 2.44. The molecule has 0 aliphatic carbocycles. The molecule has 4 nitrogen and oxygen atoms in total. The average Bonchev–Trinajstić information content (AvgIpc) is 2.16. The van der Waals surface area contributed by atoms with Gasteiger partial charge in [-0.1, -0.05) is 6.07 Å².